The topological polar surface area (TPSA) is 15.3 Å². The Morgan fingerprint density at radius 1 is 1.42 bits per heavy atom. The van der Waals surface area contributed by atoms with Gasteiger partial charge in [-0.25, -0.2) is 8.78 Å². The van der Waals surface area contributed by atoms with Crippen LogP contribution in [0.15, 0.2) is 16.6 Å². The van der Waals surface area contributed by atoms with Crippen LogP contribution in [-0.2, 0) is 0 Å². The molecule has 5 heteroatoms. The molecule has 0 spiro atoms. The molecule has 2 rings (SSSR count). The first-order chi connectivity index (χ1) is 8.95. The molecule has 1 saturated heterocycles. The number of benzene rings is 1. The fourth-order valence-electron chi connectivity index (χ4n) is 2.48. The Hall–Kier alpha value is -0.680. The van der Waals surface area contributed by atoms with Crippen molar-refractivity contribution in [1.82, 2.24) is 5.32 Å². The van der Waals surface area contributed by atoms with Crippen LogP contribution in [0, 0.1) is 11.6 Å². The van der Waals surface area contributed by atoms with E-state index in [1.165, 1.54) is 6.07 Å². The van der Waals surface area contributed by atoms with Crippen LogP contribution < -0.4 is 10.2 Å². The molecule has 0 bridgehead atoms. The fraction of sp³-hybridized carbons (Fsp3) is 0.571. The molecule has 1 fully saturated rings. The number of nitrogens with zero attached hydrogens (tertiary/aromatic N) is 1. The van der Waals surface area contributed by atoms with Gasteiger partial charge in [-0.1, -0.05) is 6.92 Å². The standard InChI is InChI=1S/C14H19BrF2N2/c1-3-14(2)9-19(6-4-5-18-14)13-11(15)7-10(16)8-12(13)17/h7-8,18H,3-6,9H2,1-2H3. The van der Waals surface area contributed by atoms with Crippen LogP contribution in [0.4, 0.5) is 14.5 Å². The van der Waals surface area contributed by atoms with E-state index in [1.807, 2.05) is 4.90 Å². The summed E-state index contributed by atoms with van der Waals surface area (Å²) >= 11 is 3.28. The molecule has 19 heavy (non-hydrogen) atoms. The van der Waals surface area contributed by atoms with Gasteiger partial charge in [0.25, 0.3) is 0 Å². The Morgan fingerprint density at radius 2 is 2.16 bits per heavy atom. The third-order valence-electron chi connectivity index (χ3n) is 3.77. The lowest BCUT2D eigenvalue weighted by molar-refractivity contribution is 0.365. The second kappa shape index (κ2) is 5.75. The SMILES string of the molecule is CCC1(C)CN(c2c(F)cc(F)cc2Br)CCCN1. The van der Waals surface area contributed by atoms with Gasteiger partial charge in [-0.15, -0.1) is 0 Å². The van der Waals surface area contributed by atoms with E-state index in [4.69, 9.17) is 0 Å². The first-order valence-electron chi connectivity index (χ1n) is 6.60. The molecule has 1 aromatic carbocycles. The number of halogens is 3. The van der Waals surface area contributed by atoms with Crippen molar-refractivity contribution in [2.75, 3.05) is 24.5 Å². The number of nitrogens with one attached hydrogen (secondary N) is 1. The predicted octanol–water partition coefficient (Wildman–Crippen LogP) is 3.70. The monoisotopic (exact) mass is 332 g/mol. The van der Waals surface area contributed by atoms with E-state index in [1.54, 1.807) is 0 Å². The van der Waals surface area contributed by atoms with Crippen molar-refractivity contribution in [2.24, 2.45) is 0 Å². The summed E-state index contributed by atoms with van der Waals surface area (Å²) in [5, 5.41) is 3.50. The van der Waals surface area contributed by atoms with Gasteiger partial charge in [0.15, 0.2) is 5.82 Å². The van der Waals surface area contributed by atoms with Gasteiger partial charge in [0.05, 0.1) is 5.69 Å². The second-order valence-electron chi connectivity index (χ2n) is 5.33. The van der Waals surface area contributed by atoms with E-state index in [0.717, 1.165) is 32.0 Å². The second-order valence-corrected chi connectivity index (χ2v) is 6.19. The van der Waals surface area contributed by atoms with Gasteiger partial charge in [-0.2, -0.15) is 0 Å². The summed E-state index contributed by atoms with van der Waals surface area (Å²) in [7, 11) is 0. The summed E-state index contributed by atoms with van der Waals surface area (Å²) in [4.78, 5) is 2.00. The first-order valence-corrected chi connectivity index (χ1v) is 7.39. The van der Waals surface area contributed by atoms with Crippen molar-refractivity contribution in [2.45, 2.75) is 32.2 Å². The molecule has 1 aromatic rings. The summed E-state index contributed by atoms with van der Waals surface area (Å²) in [6.45, 7) is 6.66. The zero-order valence-corrected chi connectivity index (χ0v) is 12.9. The molecule has 2 nitrogen and oxygen atoms in total. The number of hydrogen-bond acceptors (Lipinski definition) is 2. The van der Waals surface area contributed by atoms with Gasteiger partial charge in [0, 0.05) is 29.2 Å². The highest BCUT2D eigenvalue weighted by Crippen LogP contribution is 2.32. The van der Waals surface area contributed by atoms with Gasteiger partial charge in [0.2, 0.25) is 0 Å². The van der Waals surface area contributed by atoms with Crippen molar-refractivity contribution >= 4 is 21.6 Å². The van der Waals surface area contributed by atoms with Gasteiger partial charge in [-0.05, 0) is 48.3 Å². The van der Waals surface area contributed by atoms with E-state index in [-0.39, 0.29) is 5.54 Å². The fourth-order valence-corrected chi connectivity index (χ4v) is 3.14. The van der Waals surface area contributed by atoms with Crippen molar-refractivity contribution in [3.63, 3.8) is 0 Å². The Bertz CT molecular complexity index is 444. The third-order valence-corrected chi connectivity index (χ3v) is 4.38. The van der Waals surface area contributed by atoms with E-state index in [0.29, 0.717) is 16.7 Å². The number of rotatable bonds is 2. The van der Waals surface area contributed by atoms with E-state index < -0.39 is 11.6 Å². The van der Waals surface area contributed by atoms with Gasteiger partial charge >= 0.3 is 0 Å². The minimum Gasteiger partial charge on any atom is -0.366 e. The maximum absolute atomic E-state index is 14.1. The lowest BCUT2D eigenvalue weighted by Crippen LogP contribution is -2.48. The lowest BCUT2D eigenvalue weighted by atomic mass is 9.98. The van der Waals surface area contributed by atoms with Crippen LogP contribution in [-0.4, -0.2) is 25.2 Å². The molecule has 0 aromatic heterocycles. The molecular formula is C14H19BrF2N2. The average molecular weight is 333 g/mol. The summed E-state index contributed by atoms with van der Waals surface area (Å²) in [6.07, 6.45) is 1.91. The zero-order chi connectivity index (χ0) is 14.0. The lowest BCUT2D eigenvalue weighted by Gasteiger charge is -2.34. The van der Waals surface area contributed by atoms with E-state index in [9.17, 15) is 8.78 Å². The van der Waals surface area contributed by atoms with Crippen LogP contribution >= 0.6 is 15.9 Å². The zero-order valence-electron chi connectivity index (χ0n) is 11.3. The minimum atomic E-state index is -0.556. The Labute approximate surface area is 121 Å². The van der Waals surface area contributed by atoms with Crippen molar-refractivity contribution in [3.05, 3.63) is 28.2 Å². The normalized spacial score (nSPS) is 24.4. The van der Waals surface area contributed by atoms with Gasteiger partial charge in [-0.3, -0.25) is 0 Å². The molecule has 1 unspecified atom stereocenters. The third kappa shape index (κ3) is 3.26. The highest BCUT2D eigenvalue weighted by Gasteiger charge is 2.29. The number of anilines is 1. The van der Waals surface area contributed by atoms with Crippen LogP contribution in [0.1, 0.15) is 26.7 Å². The summed E-state index contributed by atoms with van der Waals surface area (Å²) < 4.78 is 27.7. The highest BCUT2D eigenvalue weighted by atomic mass is 79.9. The quantitative estimate of drug-likeness (QED) is 0.888. The maximum atomic E-state index is 14.1. The molecule has 0 amide bonds. The summed E-state index contributed by atoms with van der Waals surface area (Å²) in [5.74, 6) is -1.06. The van der Waals surface area contributed by atoms with E-state index in [2.05, 4.69) is 35.1 Å². The first kappa shape index (κ1) is 14.7. The molecule has 1 atom stereocenters. The average Bonchev–Trinajstić information content (AvgIpc) is 2.51. The summed E-state index contributed by atoms with van der Waals surface area (Å²) in [5.41, 5.74) is 0.418. The van der Waals surface area contributed by atoms with Crippen LogP contribution in [0.5, 0.6) is 0 Å². The highest BCUT2D eigenvalue weighted by molar-refractivity contribution is 9.10. The van der Waals surface area contributed by atoms with Gasteiger partial charge < -0.3 is 10.2 Å². The number of hydrogen-bond donors (Lipinski definition) is 1. The smallest absolute Gasteiger partial charge is 0.150 e. The van der Waals surface area contributed by atoms with Crippen LogP contribution in [0.25, 0.3) is 0 Å². The Morgan fingerprint density at radius 3 is 2.79 bits per heavy atom. The molecule has 0 radical (unpaired) electrons. The molecule has 1 N–H and O–H groups in total. The molecular weight excluding hydrogens is 314 g/mol. The molecule has 106 valence electrons. The van der Waals surface area contributed by atoms with E-state index >= 15 is 0 Å². The molecule has 1 aliphatic rings. The molecule has 0 saturated carbocycles. The van der Waals surface area contributed by atoms with Crippen molar-refractivity contribution < 1.29 is 8.78 Å². The van der Waals surface area contributed by atoms with Gasteiger partial charge in [0.1, 0.15) is 5.82 Å². The summed E-state index contributed by atoms with van der Waals surface area (Å²) in [6, 6.07) is 2.27. The molecule has 1 aliphatic heterocycles. The molecule has 0 aliphatic carbocycles. The Kier molecular flexibility index (Phi) is 4.46. The predicted molar refractivity (Wildman–Crippen MR) is 77.6 cm³/mol. The van der Waals surface area contributed by atoms with Crippen LogP contribution in [0.3, 0.4) is 0 Å². The molecule has 1 heterocycles. The Balaban J connectivity index is 2.35. The van der Waals surface area contributed by atoms with Crippen molar-refractivity contribution in [1.29, 1.82) is 0 Å². The van der Waals surface area contributed by atoms with Crippen molar-refractivity contribution in [3.8, 4) is 0 Å². The van der Waals surface area contributed by atoms with Crippen LogP contribution in [0.2, 0.25) is 0 Å². The minimum absolute atomic E-state index is 0.0449. The largest absolute Gasteiger partial charge is 0.366 e. The maximum Gasteiger partial charge on any atom is 0.150 e.